The Hall–Kier alpha value is -2.70. The first-order valence-electron chi connectivity index (χ1n) is 7.33. The minimum Gasteiger partial charge on any atom is -0.478 e. The first kappa shape index (κ1) is 13.0. The van der Waals surface area contributed by atoms with Crippen LogP contribution in [0, 0.1) is 0 Å². The molecule has 112 valence electrons. The summed E-state index contributed by atoms with van der Waals surface area (Å²) in [6.45, 7) is 0. The fourth-order valence-electron chi connectivity index (χ4n) is 3.05. The number of carboxylic acids is 1. The first-order chi connectivity index (χ1) is 10.7. The number of hydrogen-bond donors (Lipinski definition) is 2. The highest BCUT2D eigenvalue weighted by atomic mass is 16.4. The zero-order valence-corrected chi connectivity index (χ0v) is 11.9. The molecule has 3 heterocycles. The van der Waals surface area contributed by atoms with E-state index in [9.17, 15) is 9.90 Å². The normalized spacial score (nSPS) is 15.6. The van der Waals surface area contributed by atoms with Crippen molar-refractivity contribution in [1.29, 1.82) is 0 Å². The number of fused-ring (bicyclic) bond motifs is 1. The zero-order valence-electron chi connectivity index (χ0n) is 11.9. The molecule has 22 heavy (non-hydrogen) atoms. The molecule has 1 aliphatic carbocycles. The van der Waals surface area contributed by atoms with Gasteiger partial charge in [0, 0.05) is 18.4 Å². The van der Waals surface area contributed by atoms with Crippen molar-refractivity contribution in [3.05, 3.63) is 30.5 Å². The smallest absolute Gasteiger partial charge is 0.339 e. The van der Waals surface area contributed by atoms with E-state index in [1.54, 1.807) is 6.20 Å². The van der Waals surface area contributed by atoms with Gasteiger partial charge in [0.25, 0.3) is 0 Å². The highest BCUT2D eigenvalue weighted by Gasteiger charge is 2.18. The highest BCUT2D eigenvalue weighted by Crippen LogP contribution is 2.30. The number of H-pyrrole nitrogens is 1. The van der Waals surface area contributed by atoms with Gasteiger partial charge in [-0.3, -0.25) is 0 Å². The second kappa shape index (κ2) is 4.94. The van der Waals surface area contributed by atoms with Crippen molar-refractivity contribution >= 4 is 17.1 Å². The summed E-state index contributed by atoms with van der Waals surface area (Å²) in [6.07, 6.45) is 11.7. The summed E-state index contributed by atoms with van der Waals surface area (Å²) >= 11 is 0. The van der Waals surface area contributed by atoms with Gasteiger partial charge in [0.2, 0.25) is 0 Å². The predicted molar refractivity (Wildman–Crippen MR) is 79.6 cm³/mol. The van der Waals surface area contributed by atoms with Crippen LogP contribution >= 0.6 is 0 Å². The van der Waals surface area contributed by atoms with Crippen LogP contribution in [0.4, 0.5) is 0 Å². The van der Waals surface area contributed by atoms with Crippen molar-refractivity contribution in [2.75, 3.05) is 0 Å². The maximum absolute atomic E-state index is 11.2. The van der Waals surface area contributed by atoms with Gasteiger partial charge in [-0.05, 0) is 12.8 Å². The standard InChI is InChI=1S/C15H15N5O2/c21-15(22)10-5-16-14-13(10)19-11(6-17-14)12-7-20(8-18-12)9-3-1-2-4-9/h5-9H,1-4H2,(H,16,17)(H,21,22). The molecule has 0 spiro atoms. The number of nitrogens with zero attached hydrogens (tertiary/aromatic N) is 4. The van der Waals surface area contributed by atoms with E-state index in [1.807, 2.05) is 12.5 Å². The minimum absolute atomic E-state index is 0.125. The molecule has 0 aromatic carbocycles. The SMILES string of the molecule is O=C(O)c1c[nH]c2ncc(-c3cn(C4CCCC4)cn3)nc12. The molecule has 2 N–H and O–H groups in total. The lowest BCUT2D eigenvalue weighted by molar-refractivity contribution is 0.0699. The summed E-state index contributed by atoms with van der Waals surface area (Å²) in [5.41, 5.74) is 2.27. The van der Waals surface area contributed by atoms with Crippen LogP contribution in [0.3, 0.4) is 0 Å². The van der Waals surface area contributed by atoms with Crippen LogP contribution in [0.1, 0.15) is 42.1 Å². The van der Waals surface area contributed by atoms with Gasteiger partial charge in [-0.25, -0.2) is 19.7 Å². The maximum Gasteiger partial charge on any atom is 0.339 e. The topological polar surface area (TPSA) is 96.7 Å². The molecule has 4 rings (SSSR count). The molecule has 0 radical (unpaired) electrons. The van der Waals surface area contributed by atoms with Gasteiger partial charge in [0.05, 0.1) is 12.5 Å². The van der Waals surface area contributed by atoms with E-state index in [-0.39, 0.29) is 5.56 Å². The van der Waals surface area contributed by atoms with Gasteiger partial charge in [-0.15, -0.1) is 0 Å². The van der Waals surface area contributed by atoms with Crippen LogP contribution < -0.4 is 0 Å². The Morgan fingerprint density at radius 2 is 2.09 bits per heavy atom. The van der Waals surface area contributed by atoms with Gasteiger partial charge in [0.15, 0.2) is 5.65 Å². The van der Waals surface area contributed by atoms with Crippen LogP contribution in [-0.4, -0.2) is 35.6 Å². The molecule has 3 aromatic heterocycles. The Bertz CT molecular complexity index is 845. The molecule has 7 nitrogen and oxygen atoms in total. The summed E-state index contributed by atoms with van der Waals surface area (Å²) in [7, 11) is 0. The molecule has 1 saturated carbocycles. The number of aromatic nitrogens is 5. The average Bonchev–Trinajstić information content (AvgIpc) is 3.25. The number of aromatic amines is 1. The number of nitrogens with one attached hydrogen (secondary N) is 1. The molecule has 0 aliphatic heterocycles. The van der Waals surface area contributed by atoms with Crippen LogP contribution in [0.5, 0.6) is 0 Å². The van der Waals surface area contributed by atoms with E-state index in [2.05, 4.69) is 24.5 Å². The molecule has 0 unspecified atom stereocenters. The third kappa shape index (κ3) is 2.05. The summed E-state index contributed by atoms with van der Waals surface area (Å²) in [4.78, 5) is 27.1. The van der Waals surface area contributed by atoms with E-state index in [4.69, 9.17) is 0 Å². The number of hydrogen-bond acceptors (Lipinski definition) is 4. The molecule has 0 saturated heterocycles. The molecule has 0 atom stereocenters. The number of rotatable bonds is 3. The largest absolute Gasteiger partial charge is 0.478 e. The van der Waals surface area contributed by atoms with Crippen LogP contribution in [-0.2, 0) is 0 Å². The van der Waals surface area contributed by atoms with Gasteiger partial charge in [-0.2, -0.15) is 0 Å². The molecule has 0 amide bonds. The Balaban J connectivity index is 1.74. The molecule has 3 aromatic rings. The van der Waals surface area contributed by atoms with E-state index in [1.165, 1.54) is 31.9 Å². The second-order valence-corrected chi connectivity index (χ2v) is 5.60. The van der Waals surface area contributed by atoms with E-state index in [0.29, 0.717) is 22.9 Å². The minimum atomic E-state index is -1.02. The molecular formula is C15H15N5O2. The van der Waals surface area contributed by atoms with Gasteiger partial charge in [-0.1, -0.05) is 12.8 Å². The summed E-state index contributed by atoms with van der Waals surface area (Å²) in [5, 5.41) is 9.17. The van der Waals surface area contributed by atoms with Crippen molar-refractivity contribution in [2.45, 2.75) is 31.7 Å². The monoisotopic (exact) mass is 297 g/mol. The van der Waals surface area contributed by atoms with Crippen molar-refractivity contribution in [2.24, 2.45) is 0 Å². The summed E-state index contributed by atoms with van der Waals surface area (Å²) in [6, 6.07) is 0.514. The van der Waals surface area contributed by atoms with Crippen molar-refractivity contribution in [1.82, 2.24) is 24.5 Å². The number of aromatic carboxylic acids is 1. The number of carboxylic acid groups (broad SMARTS) is 1. The third-order valence-corrected chi connectivity index (χ3v) is 4.22. The van der Waals surface area contributed by atoms with E-state index in [0.717, 1.165) is 5.69 Å². The second-order valence-electron chi connectivity index (χ2n) is 5.60. The lowest BCUT2D eigenvalue weighted by Crippen LogP contribution is -2.00. The van der Waals surface area contributed by atoms with Crippen LogP contribution in [0.2, 0.25) is 0 Å². The molecule has 0 bridgehead atoms. The Labute approximate surface area is 126 Å². The van der Waals surface area contributed by atoms with E-state index < -0.39 is 5.97 Å². The lowest BCUT2D eigenvalue weighted by atomic mass is 10.2. The summed E-state index contributed by atoms with van der Waals surface area (Å²) < 4.78 is 2.13. The zero-order chi connectivity index (χ0) is 15.1. The molecular weight excluding hydrogens is 282 g/mol. The first-order valence-corrected chi connectivity index (χ1v) is 7.33. The predicted octanol–water partition coefficient (Wildman–Crippen LogP) is 2.63. The number of carbonyl (C=O) groups is 1. The van der Waals surface area contributed by atoms with E-state index >= 15 is 0 Å². The van der Waals surface area contributed by atoms with Crippen molar-refractivity contribution in [3.8, 4) is 11.4 Å². The van der Waals surface area contributed by atoms with Gasteiger partial charge in [0.1, 0.15) is 22.5 Å². The fraction of sp³-hybridized carbons (Fsp3) is 0.333. The quantitative estimate of drug-likeness (QED) is 0.774. The van der Waals surface area contributed by atoms with Crippen molar-refractivity contribution in [3.63, 3.8) is 0 Å². The van der Waals surface area contributed by atoms with Gasteiger partial charge >= 0.3 is 5.97 Å². The highest BCUT2D eigenvalue weighted by molar-refractivity contribution is 6.00. The Morgan fingerprint density at radius 3 is 2.86 bits per heavy atom. The summed E-state index contributed by atoms with van der Waals surface area (Å²) in [5.74, 6) is -1.02. The van der Waals surface area contributed by atoms with Crippen LogP contribution in [0.15, 0.2) is 24.9 Å². The third-order valence-electron chi connectivity index (χ3n) is 4.22. The van der Waals surface area contributed by atoms with Gasteiger partial charge < -0.3 is 14.7 Å². The molecule has 7 heteroatoms. The maximum atomic E-state index is 11.2. The fourth-order valence-corrected chi connectivity index (χ4v) is 3.05. The lowest BCUT2D eigenvalue weighted by Gasteiger charge is -2.09. The number of imidazole rings is 1. The van der Waals surface area contributed by atoms with Crippen LogP contribution in [0.25, 0.3) is 22.6 Å². The molecule has 1 fully saturated rings. The average molecular weight is 297 g/mol. The Morgan fingerprint density at radius 1 is 1.27 bits per heavy atom. The van der Waals surface area contributed by atoms with Crippen molar-refractivity contribution < 1.29 is 9.90 Å². The molecule has 1 aliphatic rings. The Kier molecular flexibility index (Phi) is 2.92.